The van der Waals surface area contributed by atoms with E-state index in [4.69, 9.17) is 0 Å². The van der Waals surface area contributed by atoms with Crippen LogP contribution in [-0.2, 0) is 21.4 Å². The highest BCUT2D eigenvalue weighted by Crippen LogP contribution is 2.22. The molecule has 0 heterocycles. The topological polar surface area (TPSA) is 58.2 Å². The highest BCUT2D eigenvalue weighted by atomic mass is 16.2. The van der Waals surface area contributed by atoms with E-state index in [0.717, 1.165) is 5.56 Å². The maximum absolute atomic E-state index is 11.7. The highest BCUT2D eigenvalue weighted by molar-refractivity contribution is 5.78. The Kier molecular flexibility index (Phi) is 5.74. The van der Waals surface area contributed by atoms with Crippen molar-refractivity contribution in [3.05, 3.63) is 35.4 Å². The minimum Gasteiger partial charge on any atom is -0.355 e. The number of hydrogen-bond donors (Lipinski definition) is 2. The third-order valence-electron chi connectivity index (χ3n) is 3.01. The van der Waals surface area contributed by atoms with Crippen LogP contribution < -0.4 is 10.6 Å². The summed E-state index contributed by atoms with van der Waals surface area (Å²) in [5.41, 5.74) is 2.38. The highest BCUT2D eigenvalue weighted by Gasteiger charge is 2.13. The Morgan fingerprint density at radius 3 is 2.05 bits per heavy atom. The molecular weight excluding hydrogens is 252 g/mol. The average molecular weight is 276 g/mol. The summed E-state index contributed by atoms with van der Waals surface area (Å²) in [6, 6.07) is 8.13. The predicted octanol–water partition coefficient (Wildman–Crippen LogP) is 1.78. The van der Waals surface area contributed by atoms with Crippen molar-refractivity contribution >= 4 is 11.8 Å². The molecular formula is C16H24N2O2. The van der Waals surface area contributed by atoms with Gasteiger partial charge in [0.05, 0.1) is 6.42 Å². The van der Waals surface area contributed by atoms with Gasteiger partial charge in [0, 0.05) is 20.0 Å². The van der Waals surface area contributed by atoms with Gasteiger partial charge in [0.15, 0.2) is 0 Å². The minimum atomic E-state index is -0.0861. The summed E-state index contributed by atoms with van der Waals surface area (Å²) >= 11 is 0. The van der Waals surface area contributed by atoms with Crippen LogP contribution in [0.25, 0.3) is 0 Å². The maximum Gasteiger partial charge on any atom is 0.224 e. The quantitative estimate of drug-likeness (QED) is 0.805. The first kappa shape index (κ1) is 16.2. The third kappa shape index (κ3) is 5.87. The molecule has 0 unspecified atom stereocenters. The number of nitrogens with one attached hydrogen (secondary N) is 2. The van der Waals surface area contributed by atoms with Crippen molar-refractivity contribution in [1.29, 1.82) is 0 Å². The van der Waals surface area contributed by atoms with Gasteiger partial charge in [-0.1, -0.05) is 45.0 Å². The van der Waals surface area contributed by atoms with Crippen LogP contribution in [-0.4, -0.2) is 24.9 Å². The van der Waals surface area contributed by atoms with Gasteiger partial charge in [-0.3, -0.25) is 9.59 Å². The summed E-state index contributed by atoms with van der Waals surface area (Å²) in [5, 5.41) is 5.41. The molecule has 1 aromatic rings. The van der Waals surface area contributed by atoms with E-state index in [9.17, 15) is 9.59 Å². The average Bonchev–Trinajstić information content (AvgIpc) is 2.34. The summed E-state index contributed by atoms with van der Waals surface area (Å²) in [5.74, 6) is -0.115. The van der Waals surface area contributed by atoms with Crippen molar-refractivity contribution in [2.75, 3.05) is 13.1 Å². The Bertz CT molecular complexity index is 458. The molecule has 0 saturated heterocycles. The first-order valence-electron chi connectivity index (χ1n) is 6.89. The zero-order valence-corrected chi connectivity index (χ0v) is 12.7. The summed E-state index contributed by atoms with van der Waals surface area (Å²) in [4.78, 5) is 22.4. The van der Waals surface area contributed by atoms with E-state index in [1.54, 1.807) is 0 Å². The fourth-order valence-electron chi connectivity index (χ4n) is 1.81. The lowest BCUT2D eigenvalue weighted by Gasteiger charge is -2.19. The molecule has 1 rings (SSSR count). The van der Waals surface area contributed by atoms with E-state index < -0.39 is 0 Å². The van der Waals surface area contributed by atoms with Crippen molar-refractivity contribution < 1.29 is 9.59 Å². The van der Waals surface area contributed by atoms with Crippen LogP contribution in [0.1, 0.15) is 38.8 Å². The van der Waals surface area contributed by atoms with Crippen LogP contribution in [0, 0.1) is 0 Å². The van der Waals surface area contributed by atoms with Crippen LogP contribution >= 0.6 is 0 Å². The van der Waals surface area contributed by atoms with E-state index in [1.165, 1.54) is 12.5 Å². The SMILES string of the molecule is CC(=O)NCCNC(=O)Cc1ccc(C(C)(C)C)cc1. The maximum atomic E-state index is 11.7. The molecule has 0 fully saturated rings. The Labute approximate surface area is 121 Å². The van der Waals surface area contributed by atoms with E-state index >= 15 is 0 Å². The van der Waals surface area contributed by atoms with Crippen molar-refractivity contribution in [2.24, 2.45) is 0 Å². The molecule has 0 saturated carbocycles. The molecule has 2 N–H and O–H groups in total. The molecule has 20 heavy (non-hydrogen) atoms. The number of carbonyl (C=O) groups excluding carboxylic acids is 2. The monoisotopic (exact) mass is 276 g/mol. The Morgan fingerprint density at radius 2 is 1.55 bits per heavy atom. The van der Waals surface area contributed by atoms with Gasteiger partial charge in [-0.2, -0.15) is 0 Å². The van der Waals surface area contributed by atoms with Crippen LogP contribution in [0.4, 0.5) is 0 Å². The summed E-state index contributed by atoms with van der Waals surface area (Å²) < 4.78 is 0. The van der Waals surface area contributed by atoms with Crippen molar-refractivity contribution in [2.45, 2.75) is 39.5 Å². The Morgan fingerprint density at radius 1 is 1.00 bits per heavy atom. The van der Waals surface area contributed by atoms with Gasteiger partial charge in [-0.05, 0) is 16.5 Å². The predicted molar refractivity (Wildman–Crippen MR) is 80.5 cm³/mol. The lowest BCUT2D eigenvalue weighted by Crippen LogP contribution is -2.34. The Hall–Kier alpha value is -1.84. The van der Waals surface area contributed by atoms with Gasteiger partial charge >= 0.3 is 0 Å². The largest absolute Gasteiger partial charge is 0.355 e. The number of amides is 2. The zero-order valence-electron chi connectivity index (χ0n) is 12.7. The second kappa shape index (κ2) is 7.08. The molecule has 0 aliphatic rings. The first-order chi connectivity index (χ1) is 9.29. The van der Waals surface area contributed by atoms with Crippen molar-refractivity contribution in [3.8, 4) is 0 Å². The van der Waals surface area contributed by atoms with E-state index in [1.807, 2.05) is 12.1 Å². The van der Waals surface area contributed by atoms with Crippen LogP contribution in [0.3, 0.4) is 0 Å². The molecule has 0 aliphatic heterocycles. The standard InChI is InChI=1S/C16H24N2O2/c1-12(19)17-9-10-18-15(20)11-13-5-7-14(8-6-13)16(2,3)4/h5-8H,9-11H2,1-4H3,(H,17,19)(H,18,20). The second-order valence-corrected chi connectivity index (χ2v) is 5.96. The molecule has 2 amide bonds. The van der Waals surface area contributed by atoms with Gasteiger partial charge in [-0.25, -0.2) is 0 Å². The fraction of sp³-hybridized carbons (Fsp3) is 0.500. The second-order valence-electron chi connectivity index (χ2n) is 5.96. The third-order valence-corrected chi connectivity index (χ3v) is 3.01. The number of carbonyl (C=O) groups is 2. The lowest BCUT2D eigenvalue weighted by atomic mass is 9.86. The van der Waals surface area contributed by atoms with Crippen LogP contribution in [0.15, 0.2) is 24.3 Å². The van der Waals surface area contributed by atoms with E-state index in [0.29, 0.717) is 19.5 Å². The van der Waals surface area contributed by atoms with E-state index in [2.05, 4.69) is 43.5 Å². The van der Waals surface area contributed by atoms with Crippen LogP contribution in [0.2, 0.25) is 0 Å². The van der Waals surface area contributed by atoms with Gasteiger partial charge in [0.2, 0.25) is 11.8 Å². The molecule has 1 aromatic carbocycles. The smallest absolute Gasteiger partial charge is 0.224 e. The van der Waals surface area contributed by atoms with E-state index in [-0.39, 0.29) is 17.2 Å². The first-order valence-corrected chi connectivity index (χ1v) is 6.89. The molecule has 0 atom stereocenters. The lowest BCUT2D eigenvalue weighted by molar-refractivity contribution is -0.121. The summed E-state index contributed by atoms with van der Waals surface area (Å²) in [6.07, 6.45) is 0.366. The van der Waals surface area contributed by atoms with Crippen LogP contribution in [0.5, 0.6) is 0 Å². The minimum absolute atomic E-state index is 0.0288. The molecule has 0 aromatic heterocycles. The van der Waals surface area contributed by atoms with Gasteiger partial charge in [0.25, 0.3) is 0 Å². The van der Waals surface area contributed by atoms with Gasteiger partial charge in [-0.15, -0.1) is 0 Å². The number of rotatable bonds is 5. The molecule has 0 bridgehead atoms. The molecule has 0 radical (unpaired) electrons. The van der Waals surface area contributed by atoms with Gasteiger partial charge < -0.3 is 10.6 Å². The fourth-order valence-corrected chi connectivity index (χ4v) is 1.81. The number of benzene rings is 1. The molecule has 0 aliphatic carbocycles. The summed E-state index contributed by atoms with van der Waals surface area (Å²) in [6.45, 7) is 8.87. The number of hydrogen-bond acceptors (Lipinski definition) is 2. The van der Waals surface area contributed by atoms with Gasteiger partial charge in [0.1, 0.15) is 0 Å². The Balaban J connectivity index is 2.41. The molecule has 110 valence electrons. The molecule has 4 nitrogen and oxygen atoms in total. The normalized spacial score (nSPS) is 11.0. The summed E-state index contributed by atoms with van der Waals surface area (Å²) in [7, 11) is 0. The van der Waals surface area contributed by atoms with Crippen molar-refractivity contribution in [1.82, 2.24) is 10.6 Å². The zero-order chi connectivity index (χ0) is 15.2. The van der Waals surface area contributed by atoms with Crippen molar-refractivity contribution in [3.63, 3.8) is 0 Å². The molecule has 0 spiro atoms. The molecule has 4 heteroatoms.